The summed E-state index contributed by atoms with van der Waals surface area (Å²) in [5, 5.41) is 3.75. The summed E-state index contributed by atoms with van der Waals surface area (Å²) < 4.78 is 0. The van der Waals surface area contributed by atoms with E-state index >= 15 is 0 Å². The number of nitrogens with one attached hydrogen (secondary N) is 1. The molecule has 1 aromatic carbocycles. The SMILES string of the molecule is Cc1cc(C)nc(Sc2ccc(NC(=O)CC3CCCC3)cc2)n1. The summed E-state index contributed by atoms with van der Waals surface area (Å²) in [6, 6.07) is 9.84. The van der Waals surface area contributed by atoms with Gasteiger partial charge in [-0.2, -0.15) is 0 Å². The molecule has 24 heavy (non-hydrogen) atoms. The number of hydrogen-bond acceptors (Lipinski definition) is 4. The largest absolute Gasteiger partial charge is 0.326 e. The van der Waals surface area contributed by atoms with E-state index in [1.54, 1.807) is 0 Å². The molecule has 3 rings (SSSR count). The van der Waals surface area contributed by atoms with Crippen LogP contribution in [0.1, 0.15) is 43.5 Å². The fourth-order valence-electron chi connectivity index (χ4n) is 3.14. The van der Waals surface area contributed by atoms with Crippen LogP contribution in [-0.4, -0.2) is 15.9 Å². The van der Waals surface area contributed by atoms with Gasteiger partial charge in [0.1, 0.15) is 0 Å². The molecule has 1 fully saturated rings. The van der Waals surface area contributed by atoms with Crippen molar-refractivity contribution in [3.8, 4) is 0 Å². The third-order valence-electron chi connectivity index (χ3n) is 4.26. The molecule has 0 radical (unpaired) electrons. The lowest BCUT2D eigenvalue weighted by atomic mass is 10.0. The smallest absolute Gasteiger partial charge is 0.224 e. The van der Waals surface area contributed by atoms with Crippen LogP contribution in [0.5, 0.6) is 0 Å². The second kappa shape index (κ2) is 7.79. The van der Waals surface area contributed by atoms with Gasteiger partial charge < -0.3 is 5.32 Å². The summed E-state index contributed by atoms with van der Waals surface area (Å²) in [6.45, 7) is 3.95. The number of anilines is 1. The molecule has 1 aliphatic rings. The summed E-state index contributed by atoms with van der Waals surface area (Å²) in [6.07, 6.45) is 5.57. The van der Waals surface area contributed by atoms with Gasteiger partial charge in [0.05, 0.1) is 0 Å². The van der Waals surface area contributed by atoms with Crippen LogP contribution >= 0.6 is 11.8 Å². The zero-order chi connectivity index (χ0) is 16.9. The number of aryl methyl sites for hydroxylation is 2. The average molecular weight is 341 g/mol. The molecule has 126 valence electrons. The predicted molar refractivity (Wildman–Crippen MR) is 97.3 cm³/mol. The molecule has 1 N–H and O–H groups in total. The van der Waals surface area contributed by atoms with Crippen LogP contribution in [0.3, 0.4) is 0 Å². The van der Waals surface area contributed by atoms with Crippen molar-refractivity contribution in [3.63, 3.8) is 0 Å². The minimum absolute atomic E-state index is 0.125. The second-order valence-corrected chi connectivity index (χ2v) is 7.50. The Kier molecular flexibility index (Phi) is 5.51. The number of hydrogen-bond donors (Lipinski definition) is 1. The number of aromatic nitrogens is 2. The molecular weight excluding hydrogens is 318 g/mol. The van der Waals surface area contributed by atoms with E-state index in [9.17, 15) is 4.79 Å². The molecule has 5 heteroatoms. The van der Waals surface area contributed by atoms with Gasteiger partial charge in [-0.05, 0) is 74.7 Å². The second-order valence-electron chi connectivity index (χ2n) is 6.46. The third kappa shape index (κ3) is 4.81. The van der Waals surface area contributed by atoms with Crippen LogP contribution in [-0.2, 0) is 4.79 Å². The van der Waals surface area contributed by atoms with Gasteiger partial charge in [0.25, 0.3) is 0 Å². The summed E-state index contributed by atoms with van der Waals surface area (Å²) in [7, 11) is 0. The Labute approximate surface area is 147 Å². The number of rotatable bonds is 5. The molecule has 0 spiro atoms. The van der Waals surface area contributed by atoms with Gasteiger partial charge in [-0.1, -0.05) is 12.8 Å². The van der Waals surface area contributed by atoms with Crippen LogP contribution in [0.15, 0.2) is 40.4 Å². The average Bonchev–Trinajstić information content (AvgIpc) is 3.01. The van der Waals surface area contributed by atoms with E-state index in [0.717, 1.165) is 27.1 Å². The number of carbonyl (C=O) groups excluding carboxylic acids is 1. The number of carbonyl (C=O) groups is 1. The van der Waals surface area contributed by atoms with Crippen molar-refractivity contribution < 1.29 is 4.79 Å². The summed E-state index contributed by atoms with van der Waals surface area (Å²) in [4.78, 5) is 22.0. The molecule has 1 aliphatic carbocycles. The first-order chi connectivity index (χ1) is 11.6. The van der Waals surface area contributed by atoms with Crippen molar-refractivity contribution in [1.82, 2.24) is 9.97 Å². The van der Waals surface area contributed by atoms with E-state index in [2.05, 4.69) is 15.3 Å². The van der Waals surface area contributed by atoms with Crippen LogP contribution in [0.2, 0.25) is 0 Å². The van der Waals surface area contributed by atoms with Gasteiger partial charge in [-0.25, -0.2) is 9.97 Å². The highest BCUT2D eigenvalue weighted by Gasteiger charge is 2.18. The number of nitrogens with zero attached hydrogens (tertiary/aromatic N) is 2. The van der Waals surface area contributed by atoms with Crippen molar-refractivity contribution >= 4 is 23.4 Å². The van der Waals surface area contributed by atoms with Gasteiger partial charge in [0.2, 0.25) is 5.91 Å². The van der Waals surface area contributed by atoms with Gasteiger partial charge >= 0.3 is 0 Å². The standard InChI is InChI=1S/C19H23N3OS/c1-13-11-14(2)21-19(20-13)24-17-9-7-16(8-10-17)22-18(23)12-15-5-3-4-6-15/h7-11,15H,3-6,12H2,1-2H3,(H,22,23). The van der Waals surface area contributed by atoms with Crippen LogP contribution in [0.25, 0.3) is 0 Å². The predicted octanol–water partition coefficient (Wildman–Crippen LogP) is 4.76. The fourth-order valence-corrected chi connectivity index (χ4v) is 4.00. The van der Waals surface area contributed by atoms with E-state index in [0.29, 0.717) is 12.3 Å². The zero-order valence-electron chi connectivity index (χ0n) is 14.2. The first-order valence-corrected chi connectivity index (χ1v) is 9.30. The minimum Gasteiger partial charge on any atom is -0.326 e. The molecule has 0 saturated heterocycles. The van der Waals surface area contributed by atoms with Gasteiger partial charge in [0, 0.05) is 28.4 Å². The molecule has 1 heterocycles. The van der Waals surface area contributed by atoms with Crippen molar-refractivity contribution in [1.29, 1.82) is 0 Å². The van der Waals surface area contributed by atoms with E-state index in [-0.39, 0.29) is 5.91 Å². The highest BCUT2D eigenvalue weighted by atomic mass is 32.2. The monoisotopic (exact) mass is 341 g/mol. The van der Waals surface area contributed by atoms with Crippen LogP contribution in [0.4, 0.5) is 5.69 Å². The van der Waals surface area contributed by atoms with Gasteiger partial charge in [0.15, 0.2) is 5.16 Å². The lowest BCUT2D eigenvalue weighted by Crippen LogP contribution is -2.14. The molecule has 1 saturated carbocycles. The topological polar surface area (TPSA) is 54.9 Å². The van der Waals surface area contributed by atoms with Crippen LogP contribution in [0, 0.1) is 19.8 Å². The van der Waals surface area contributed by atoms with Gasteiger partial charge in [-0.15, -0.1) is 0 Å². The minimum atomic E-state index is 0.125. The van der Waals surface area contributed by atoms with Crippen molar-refractivity contribution in [2.24, 2.45) is 5.92 Å². The van der Waals surface area contributed by atoms with E-state index in [1.165, 1.54) is 37.4 Å². The quantitative estimate of drug-likeness (QED) is 0.796. The lowest BCUT2D eigenvalue weighted by molar-refractivity contribution is -0.117. The maximum absolute atomic E-state index is 12.1. The normalized spacial score (nSPS) is 14.8. The Balaban J connectivity index is 1.57. The maximum Gasteiger partial charge on any atom is 0.224 e. The summed E-state index contributed by atoms with van der Waals surface area (Å²) in [5.74, 6) is 0.696. The highest BCUT2D eigenvalue weighted by molar-refractivity contribution is 7.99. The van der Waals surface area contributed by atoms with E-state index in [4.69, 9.17) is 0 Å². The third-order valence-corrected chi connectivity index (χ3v) is 5.13. The Morgan fingerprint density at radius 3 is 2.38 bits per heavy atom. The first kappa shape index (κ1) is 17.0. The fraction of sp³-hybridized carbons (Fsp3) is 0.421. The molecule has 0 atom stereocenters. The maximum atomic E-state index is 12.1. The molecule has 0 bridgehead atoms. The molecule has 1 amide bonds. The Bertz CT molecular complexity index is 689. The van der Waals surface area contributed by atoms with Crippen molar-refractivity contribution in [2.75, 3.05) is 5.32 Å². The Morgan fingerprint density at radius 1 is 1.12 bits per heavy atom. The number of benzene rings is 1. The van der Waals surface area contributed by atoms with E-state index in [1.807, 2.05) is 44.2 Å². The van der Waals surface area contributed by atoms with Crippen molar-refractivity contribution in [3.05, 3.63) is 41.7 Å². The first-order valence-electron chi connectivity index (χ1n) is 8.48. The summed E-state index contributed by atoms with van der Waals surface area (Å²) >= 11 is 1.53. The highest BCUT2D eigenvalue weighted by Crippen LogP contribution is 2.29. The zero-order valence-corrected chi connectivity index (χ0v) is 15.0. The number of amides is 1. The van der Waals surface area contributed by atoms with Gasteiger partial charge in [-0.3, -0.25) is 4.79 Å². The van der Waals surface area contributed by atoms with Crippen molar-refractivity contribution in [2.45, 2.75) is 56.0 Å². The summed E-state index contributed by atoms with van der Waals surface area (Å²) in [5.41, 5.74) is 2.80. The molecule has 2 aromatic rings. The Morgan fingerprint density at radius 2 is 1.75 bits per heavy atom. The lowest BCUT2D eigenvalue weighted by Gasteiger charge is -2.10. The Hall–Kier alpha value is -1.88. The molecule has 4 nitrogen and oxygen atoms in total. The van der Waals surface area contributed by atoms with Crippen LogP contribution < -0.4 is 5.32 Å². The molecule has 1 aromatic heterocycles. The van der Waals surface area contributed by atoms with E-state index < -0.39 is 0 Å². The molecular formula is C19H23N3OS. The molecule has 0 aliphatic heterocycles. The molecule has 0 unspecified atom stereocenters.